The van der Waals surface area contributed by atoms with Crippen molar-refractivity contribution in [1.82, 2.24) is 9.80 Å². The standard InChI is InChI=1S/C24H32N2O2.C22H21O2P.C17H25NO2S.C16H16O3/c1-5-24(25(3)4,18-20-8-6-19(2)7-9-20)23(27)21-10-12-22(13-11-21)26-14-16-28-17-15-26;1-16-14-17(2)21(18(3)15-16)22(23)25(24,19-10-6-4-7-11-19)20-12-8-5-9-13-20;1-17(2,13-18-8-10-20-11-9-18)16(19)12-14-4-6-15(21-3)7-5-14;1-18-16(19-2,14-11-7-4-8-12-14)15(17)13-9-5-3-6-10-13/h6-13H,5,14-18H2,1-4H3;4-15H,1-3H3;4-7H,8-13H2,1-3H3;3-12H,1-2H3. The third-order valence-electron chi connectivity index (χ3n) is 17.5. The lowest BCUT2D eigenvalue weighted by molar-refractivity contribution is -0.176. The van der Waals surface area contributed by atoms with Gasteiger partial charge in [-0.3, -0.25) is 29.0 Å². The molecule has 2 aliphatic heterocycles. The highest BCUT2D eigenvalue weighted by molar-refractivity contribution is 7.98. The quantitative estimate of drug-likeness (QED) is 0.0276. The van der Waals surface area contributed by atoms with E-state index in [0.29, 0.717) is 45.9 Å². The van der Waals surface area contributed by atoms with Crippen LogP contribution in [0.3, 0.4) is 0 Å². The second kappa shape index (κ2) is 34.7. The van der Waals surface area contributed by atoms with Gasteiger partial charge in [0.15, 0.2) is 5.78 Å². The van der Waals surface area contributed by atoms with E-state index in [1.807, 2.05) is 144 Å². The molecule has 14 heteroatoms. The van der Waals surface area contributed by atoms with Gasteiger partial charge in [-0.1, -0.05) is 202 Å². The van der Waals surface area contributed by atoms with E-state index in [9.17, 15) is 23.7 Å². The smallest absolute Gasteiger partial charge is 0.260 e. The molecule has 2 saturated heterocycles. The number of Topliss-reactive ketones (excluding diaryl/α,β-unsaturated/α-hetero) is 3. The highest BCUT2D eigenvalue weighted by Crippen LogP contribution is 2.48. The number of hydrogen-bond donors (Lipinski definition) is 0. The molecule has 93 heavy (non-hydrogen) atoms. The number of carbonyl (C=O) groups is 4. The van der Waals surface area contributed by atoms with Gasteiger partial charge in [0.2, 0.25) is 18.4 Å². The van der Waals surface area contributed by atoms with Crippen LogP contribution >= 0.6 is 18.9 Å². The molecule has 2 fully saturated rings. The molecule has 0 bridgehead atoms. The van der Waals surface area contributed by atoms with E-state index in [-0.39, 0.29) is 22.5 Å². The van der Waals surface area contributed by atoms with Crippen molar-refractivity contribution in [2.75, 3.05) is 98.6 Å². The molecule has 1 atom stereocenters. The van der Waals surface area contributed by atoms with Gasteiger partial charge in [-0.25, -0.2) is 0 Å². The zero-order valence-corrected chi connectivity index (χ0v) is 58.2. The van der Waals surface area contributed by atoms with Crippen molar-refractivity contribution in [3.8, 4) is 0 Å². The number of rotatable bonds is 22. The molecule has 8 aromatic rings. The van der Waals surface area contributed by atoms with Crippen LogP contribution in [0.2, 0.25) is 0 Å². The predicted molar refractivity (Wildman–Crippen MR) is 381 cm³/mol. The van der Waals surface area contributed by atoms with Crippen LogP contribution in [0.1, 0.15) is 97.2 Å². The number of ketones is 3. The van der Waals surface area contributed by atoms with Crippen LogP contribution in [0.5, 0.6) is 0 Å². The van der Waals surface area contributed by atoms with Gasteiger partial charge in [0.1, 0.15) is 5.78 Å². The van der Waals surface area contributed by atoms with Gasteiger partial charge in [0, 0.05) is 102 Å². The van der Waals surface area contributed by atoms with Crippen molar-refractivity contribution in [3.63, 3.8) is 0 Å². The first-order valence-corrected chi connectivity index (χ1v) is 34.9. The minimum Gasteiger partial charge on any atom is -0.379 e. The fourth-order valence-electron chi connectivity index (χ4n) is 12.0. The molecule has 0 radical (unpaired) electrons. The average molecular weight is 1290 g/mol. The summed E-state index contributed by atoms with van der Waals surface area (Å²) in [7, 11) is 3.52. The summed E-state index contributed by atoms with van der Waals surface area (Å²) in [6.07, 6.45) is 4.05. The van der Waals surface area contributed by atoms with Crippen molar-refractivity contribution < 1.29 is 42.7 Å². The van der Waals surface area contributed by atoms with E-state index in [2.05, 4.69) is 109 Å². The molecule has 0 amide bonds. The summed E-state index contributed by atoms with van der Waals surface area (Å²) in [6, 6.07) is 65.2. The summed E-state index contributed by atoms with van der Waals surface area (Å²) in [5.41, 5.74) is 8.96. The molecular formula is C79H94N3O9PS. The molecule has 1 unspecified atom stereocenters. The number of hydrogen-bond acceptors (Lipinski definition) is 13. The van der Waals surface area contributed by atoms with E-state index in [0.717, 1.165) is 99.1 Å². The van der Waals surface area contributed by atoms with Crippen LogP contribution in [0.25, 0.3) is 0 Å². The van der Waals surface area contributed by atoms with E-state index < -0.39 is 18.5 Å². The third kappa shape index (κ3) is 18.7. The van der Waals surface area contributed by atoms with Crippen LogP contribution in [-0.2, 0) is 46.9 Å². The Morgan fingerprint density at radius 3 is 1.51 bits per heavy atom. The van der Waals surface area contributed by atoms with Crippen LogP contribution in [0.15, 0.2) is 211 Å². The number of anilines is 1. The molecule has 0 saturated carbocycles. The van der Waals surface area contributed by atoms with Gasteiger partial charge >= 0.3 is 0 Å². The van der Waals surface area contributed by atoms with E-state index in [1.165, 1.54) is 30.2 Å². The fourth-order valence-corrected chi connectivity index (χ4v) is 15.0. The minimum atomic E-state index is -3.44. The first-order chi connectivity index (χ1) is 44.7. The maximum absolute atomic E-state index is 14.2. The number of benzene rings is 8. The molecule has 0 aliphatic carbocycles. The first-order valence-electron chi connectivity index (χ1n) is 31.9. The minimum absolute atomic E-state index is 0.189. The zero-order chi connectivity index (χ0) is 67.2. The molecule has 0 N–H and O–H groups in total. The zero-order valence-electron chi connectivity index (χ0n) is 56.5. The van der Waals surface area contributed by atoms with E-state index in [4.69, 9.17) is 18.9 Å². The van der Waals surface area contributed by atoms with E-state index in [1.54, 1.807) is 48.2 Å². The summed E-state index contributed by atoms with van der Waals surface area (Å²) < 4.78 is 35.8. The number of morpholine rings is 2. The van der Waals surface area contributed by atoms with Crippen molar-refractivity contribution in [2.24, 2.45) is 5.41 Å². The molecule has 490 valence electrons. The van der Waals surface area contributed by atoms with Crippen molar-refractivity contribution >= 4 is 58.1 Å². The maximum atomic E-state index is 14.2. The van der Waals surface area contributed by atoms with Crippen LogP contribution in [0.4, 0.5) is 5.69 Å². The lowest BCUT2D eigenvalue weighted by Gasteiger charge is -2.38. The van der Waals surface area contributed by atoms with Crippen molar-refractivity contribution in [1.29, 1.82) is 0 Å². The van der Waals surface area contributed by atoms with Gasteiger partial charge < -0.3 is 28.4 Å². The van der Waals surface area contributed by atoms with Crippen molar-refractivity contribution in [3.05, 3.63) is 262 Å². The second-order valence-corrected chi connectivity index (χ2v) is 28.1. The monoisotopic (exact) mass is 1290 g/mol. The summed E-state index contributed by atoms with van der Waals surface area (Å²) in [5, 5.41) is 1.15. The Morgan fingerprint density at radius 1 is 0.570 bits per heavy atom. The number of methoxy groups -OCH3 is 2. The summed E-state index contributed by atoms with van der Waals surface area (Å²) in [6.45, 7) is 21.7. The summed E-state index contributed by atoms with van der Waals surface area (Å²) >= 11 is 1.72. The van der Waals surface area contributed by atoms with Crippen molar-refractivity contribution in [2.45, 2.75) is 84.0 Å². The summed E-state index contributed by atoms with van der Waals surface area (Å²) in [4.78, 5) is 60.4. The van der Waals surface area contributed by atoms with E-state index >= 15 is 0 Å². The van der Waals surface area contributed by atoms with Gasteiger partial charge in [-0.15, -0.1) is 11.8 Å². The van der Waals surface area contributed by atoms with Gasteiger partial charge in [0.05, 0.1) is 32.0 Å². The Bertz CT molecular complexity index is 3640. The first kappa shape index (κ1) is 73.0. The Balaban J connectivity index is 0.000000178. The second-order valence-electron chi connectivity index (χ2n) is 24.6. The molecule has 12 nitrogen and oxygen atoms in total. The largest absolute Gasteiger partial charge is 0.379 e. The molecule has 8 aromatic carbocycles. The fraction of sp³-hybridized carbons (Fsp3) is 0.342. The third-order valence-corrected chi connectivity index (χ3v) is 21.1. The molecule has 2 heterocycles. The predicted octanol–water partition coefficient (Wildman–Crippen LogP) is 14.6. The number of thioether (sulfide) groups is 1. The number of nitrogens with zero attached hydrogens (tertiary/aromatic N) is 3. The van der Waals surface area contributed by atoms with Crippen LogP contribution in [-0.4, -0.2) is 132 Å². The van der Waals surface area contributed by atoms with Gasteiger partial charge in [-0.2, -0.15) is 0 Å². The van der Waals surface area contributed by atoms with Crippen LogP contribution < -0.4 is 15.5 Å². The Labute approximate surface area is 557 Å². The van der Waals surface area contributed by atoms with Gasteiger partial charge in [0.25, 0.3) is 5.79 Å². The average Bonchev–Trinajstić information content (AvgIpc) is 0.775. The molecule has 10 rings (SSSR count). The highest BCUT2D eigenvalue weighted by Gasteiger charge is 2.43. The number of ether oxygens (including phenoxy) is 4. The highest BCUT2D eigenvalue weighted by atomic mass is 32.2. The topological polar surface area (TPSA) is 132 Å². The molecule has 0 spiro atoms. The lowest BCUT2D eigenvalue weighted by atomic mass is 9.80. The Kier molecular flexibility index (Phi) is 27.2. The summed E-state index contributed by atoms with van der Waals surface area (Å²) in [5.74, 6) is -1.12. The van der Waals surface area contributed by atoms with Gasteiger partial charge in [-0.05, 0) is 120 Å². The maximum Gasteiger partial charge on any atom is 0.260 e. The number of carbonyl (C=O) groups excluding carboxylic acids is 4. The lowest BCUT2D eigenvalue weighted by Crippen LogP contribution is -2.52. The molecular weight excluding hydrogens is 1200 g/mol. The normalized spacial score (nSPS) is 14.2. The number of aryl methyl sites for hydroxylation is 4. The molecule has 0 aromatic heterocycles. The SMILES string of the molecule is CCC(Cc1ccc(C)cc1)(C(=O)c1ccc(N2CCOCC2)cc1)N(C)C.COC(OC)(C(=O)c1ccccc1)c1ccccc1.CSc1ccc(CC(=O)C(C)(C)CN2CCOCC2)cc1.Cc1cc(C)c(C(=O)P(=O)(c2ccccc2)c2ccccc2)c(C)c1. The Morgan fingerprint density at radius 2 is 1.03 bits per heavy atom. The van der Waals surface area contributed by atoms with Crippen LogP contribution in [0, 0.1) is 33.1 Å². The number of likely N-dealkylation sites (N-methyl/N-ethyl adjacent to an activating group) is 1. The molecule has 2 aliphatic rings. The Hall–Kier alpha value is -7.42.